The third-order valence-corrected chi connectivity index (χ3v) is 1.68. The van der Waals surface area contributed by atoms with E-state index in [0.717, 1.165) is 0 Å². The van der Waals surface area contributed by atoms with Gasteiger partial charge in [-0.15, -0.1) is 0 Å². The summed E-state index contributed by atoms with van der Waals surface area (Å²) < 4.78 is 13.1. The molecule has 0 radical (unpaired) electrons. The predicted octanol–water partition coefficient (Wildman–Crippen LogP) is 1.77. The van der Waals surface area contributed by atoms with Gasteiger partial charge >= 0.3 is 0 Å². The van der Waals surface area contributed by atoms with Gasteiger partial charge in [0.1, 0.15) is 10.8 Å². The topological polar surface area (TPSA) is 26.0 Å². The molecule has 1 aromatic carbocycles. The number of nitrogens with two attached hydrogens (primary N) is 1. The lowest BCUT2D eigenvalue weighted by atomic mass is 10.1. The molecule has 0 amide bonds. The molecule has 0 aliphatic rings. The molecule has 0 saturated heterocycles. The van der Waals surface area contributed by atoms with E-state index < -0.39 is 0 Å². The Kier molecular flexibility index (Phi) is 2.19. The Morgan fingerprint density at radius 3 is 2.64 bits per heavy atom. The average Bonchev–Trinajstić information content (AvgIpc) is 1.94. The standard InChI is InChI=1S/C8H8FNS/c1-5-3-2-4-6(7(5)9)8(10)11/h2-4H,1H3,(H2,10,11). The van der Waals surface area contributed by atoms with E-state index in [1.54, 1.807) is 25.1 Å². The molecule has 0 aromatic heterocycles. The van der Waals surface area contributed by atoms with Crippen LogP contribution in [0.25, 0.3) is 0 Å². The van der Waals surface area contributed by atoms with Crippen molar-refractivity contribution in [1.29, 1.82) is 0 Å². The molecule has 0 bridgehead atoms. The van der Waals surface area contributed by atoms with Gasteiger partial charge < -0.3 is 5.73 Å². The number of thiocarbonyl (C=S) groups is 1. The fourth-order valence-electron chi connectivity index (χ4n) is 0.838. The van der Waals surface area contributed by atoms with Crippen molar-refractivity contribution in [3.05, 3.63) is 35.1 Å². The number of aryl methyl sites for hydroxylation is 1. The molecule has 3 heteroatoms. The summed E-state index contributed by atoms with van der Waals surface area (Å²) in [5, 5.41) is 0. The van der Waals surface area contributed by atoms with Crippen molar-refractivity contribution in [2.75, 3.05) is 0 Å². The summed E-state index contributed by atoms with van der Waals surface area (Å²) in [5.74, 6) is -0.319. The van der Waals surface area contributed by atoms with Gasteiger partial charge in [0.05, 0.1) is 0 Å². The van der Waals surface area contributed by atoms with Crippen molar-refractivity contribution in [2.45, 2.75) is 6.92 Å². The van der Waals surface area contributed by atoms with Crippen LogP contribution in [0.5, 0.6) is 0 Å². The van der Waals surface area contributed by atoms with Crippen LogP contribution in [0, 0.1) is 12.7 Å². The number of rotatable bonds is 1. The van der Waals surface area contributed by atoms with Crippen molar-refractivity contribution in [3.63, 3.8) is 0 Å². The molecule has 1 nitrogen and oxygen atoms in total. The average molecular weight is 169 g/mol. The maximum Gasteiger partial charge on any atom is 0.136 e. The zero-order valence-electron chi connectivity index (χ0n) is 6.10. The van der Waals surface area contributed by atoms with Crippen LogP contribution in [0.15, 0.2) is 18.2 Å². The summed E-state index contributed by atoms with van der Waals surface area (Å²) in [6.45, 7) is 1.68. The largest absolute Gasteiger partial charge is 0.389 e. The summed E-state index contributed by atoms with van der Waals surface area (Å²) in [6.07, 6.45) is 0. The smallest absolute Gasteiger partial charge is 0.136 e. The van der Waals surface area contributed by atoms with E-state index in [9.17, 15) is 4.39 Å². The molecule has 1 aromatic rings. The van der Waals surface area contributed by atoms with Crippen LogP contribution in [-0.2, 0) is 0 Å². The van der Waals surface area contributed by atoms with Crippen molar-refractivity contribution in [2.24, 2.45) is 5.73 Å². The Balaban J connectivity index is 3.27. The highest BCUT2D eigenvalue weighted by atomic mass is 32.1. The Hall–Kier alpha value is -0.960. The van der Waals surface area contributed by atoms with Crippen LogP contribution in [-0.4, -0.2) is 4.99 Å². The van der Waals surface area contributed by atoms with Crippen LogP contribution in [0.4, 0.5) is 4.39 Å². The SMILES string of the molecule is Cc1cccc(C(N)=S)c1F. The number of hydrogen-bond donors (Lipinski definition) is 1. The molecule has 0 fully saturated rings. The van der Waals surface area contributed by atoms with Crippen LogP contribution in [0.3, 0.4) is 0 Å². The first-order valence-corrected chi connectivity index (χ1v) is 3.58. The molecule has 0 aliphatic heterocycles. The van der Waals surface area contributed by atoms with Crippen LogP contribution in [0.1, 0.15) is 11.1 Å². The number of hydrogen-bond acceptors (Lipinski definition) is 1. The van der Waals surface area contributed by atoms with Crippen molar-refractivity contribution >= 4 is 17.2 Å². The second-order valence-corrected chi connectivity index (χ2v) is 2.74. The fraction of sp³-hybridized carbons (Fsp3) is 0.125. The Labute approximate surface area is 70.0 Å². The molecule has 0 atom stereocenters. The minimum absolute atomic E-state index is 0.103. The summed E-state index contributed by atoms with van der Waals surface area (Å²) in [5.41, 5.74) is 6.16. The van der Waals surface area contributed by atoms with E-state index in [0.29, 0.717) is 11.1 Å². The van der Waals surface area contributed by atoms with Gasteiger partial charge in [-0.2, -0.15) is 0 Å². The Bertz CT molecular complexity index is 296. The fourth-order valence-corrected chi connectivity index (χ4v) is 0.995. The first-order valence-electron chi connectivity index (χ1n) is 3.18. The van der Waals surface area contributed by atoms with Crippen molar-refractivity contribution < 1.29 is 4.39 Å². The van der Waals surface area contributed by atoms with E-state index >= 15 is 0 Å². The maximum atomic E-state index is 13.1. The van der Waals surface area contributed by atoms with E-state index in [-0.39, 0.29) is 10.8 Å². The lowest BCUT2D eigenvalue weighted by Crippen LogP contribution is -2.12. The summed E-state index contributed by atoms with van der Waals surface area (Å²) in [4.78, 5) is 0.103. The van der Waals surface area contributed by atoms with Crippen molar-refractivity contribution in [3.8, 4) is 0 Å². The van der Waals surface area contributed by atoms with Gasteiger partial charge in [0.25, 0.3) is 0 Å². The van der Waals surface area contributed by atoms with Gasteiger partial charge in [0, 0.05) is 5.56 Å². The second kappa shape index (κ2) is 2.96. The number of halogens is 1. The van der Waals surface area contributed by atoms with E-state index in [2.05, 4.69) is 12.2 Å². The molecule has 0 saturated carbocycles. The highest BCUT2D eigenvalue weighted by molar-refractivity contribution is 7.80. The zero-order chi connectivity index (χ0) is 8.43. The van der Waals surface area contributed by atoms with Gasteiger partial charge in [0.15, 0.2) is 0 Å². The molecular weight excluding hydrogens is 161 g/mol. The van der Waals surface area contributed by atoms with E-state index in [1.807, 2.05) is 0 Å². The summed E-state index contributed by atoms with van der Waals surface area (Å²) >= 11 is 4.65. The molecule has 1 rings (SSSR count). The van der Waals surface area contributed by atoms with E-state index in [4.69, 9.17) is 5.73 Å². The Morgan fingerprint density at radius 2 is 2.18 bits per heavy atom. The Morgan fingerprint density at radius 1 is 1.55 bits per heavy atom. The van der Waals surface area contributed by atoms with Gasteiger partial charge in [-0.3, -0.25) is 0 Å². The number of benzene rings is 1. The van der Waals surface area contributed by atoms with Crippen LogP contribution < -0.4 is 5.73 Å². The molecule has 0 aliphatic carbocycles. The van der Waals surface area contributed by atoms with Crippen molar-refractivity contribution in [1.82, 2.24) is 0 Å². The second-order valence-electron chi connectivity index (χ2n) is 2.30. The predicted molar refractivity (Wildman–Crippen MR) is 47.0 cm³/mol. The highest BCUT2D eigenvalue weighted by Crippen LogP contribution is 2.10. The molecule has 0 heterocycles. The minimum atomic E-state index is -0.319. The first-order chi connectivity index (χ1) is 5.13. The molecule has 0 unspecified atom stereocenters. The molecule has 2 N–H and O–H groups in total. The lowest BCUT2D eigenvalue weighted by Gasteiger charge is -2.01. The first kappa shape index (κ1) is 8.14. The van der Waals surface area contributed by atoms with Gasteiger partial charge in [-0.25, -0.2) is 4.39 Å². The van der Waals surface area contributed by atoms with E-state index in [1.165, 1.54) is 0 Å². The van der Waals surface area contributed by atoms with Gasteiger partial charge in [-0.05, 0) is 18.6 Å². The monoisotopic (exact) mass is 169 g/mol. The minimum Gasteiger partial charge on any atom is -0.389 e. The van der Waals surface area contributed by atoms with Crippen LogP contribution >= 0.6 is 12.2 Å². The summed E-state index contributed by atoms with van der Waals surface area (Å²) in [6, 6.07) is 4.98. The third kappa shape index (κ3) is 1.54. The van der Waals surface area contributed by atoms with Gasteiger partial charge in [-0.1, -0.05) is 24.4 Å². The normalized spacial score (nSPS) is 9.64. The third-order valence-electron chi connectivity index (χ3n) is 1.46. The van der Waals surface area contributed by atoms with Gasteiger partial charge in [0.2, 0.25) is 0 Å². The quantitative estimate of drug-likeness (QED) is 0.648. The molecule has 11 heavy (non-hydrogen) atoms. The van der Waals surface area contributed by atoms with Crippen LogP contribution in [0.2, 0.25) is 0 Å². The molecule has 0 spiro atoms. The molecular formula is C8H8FNS. The maximum absolute atomic E-state index is 13.1. The lowest BCUT2D eigenvalue weighted by molar-refractivity contribution is 0.616. The highest BCUT2D eigenvalue weighted by Gasteiger charge is 2.05. The molecule has 58 valence electrons. The zero-order valence-corrected chi connectivity index (χ0v) is 6.91. The summed E-state index contributed by atoms with van der Waals surface area (Å²) in [7, 11) is 0.